The number of hydrogen-bond donors (Lipinski definition) is 2. The van der Waals surface area contributed by atoms with Gasteiger partial charge in [0, 0.05) is 29.4 Å². The van der Waals surface area contributed by atoms with Gasteiger partial charge in [-0.3, -0.25) is 9.59 Å². The molecule has 1 fully saturated rings. The number of aromatic hydroxyl groups is 1. The Morgan fingerprint density at radius 1 is 1.22 bits per heavy atom. The summed E-state index contributed by atoms with van der Waals surface area (Å²) in [5.41, 5.74) is 1.28. The predicted molar refractivity (Wildman–Crippen MR) is 88.6 cm³/mol. The van der Waals surface area contributed by atoms with Crippen LogP contribution in [0.25, 0.3) is 0 Å². The molecule has 0 spiro atoms. The van der Waals surface area contributed by atoms with Gasteiger partial charge < -0.3 is 15.3 Å². The van der Waals surface area contributed by atoms with Crippen molar-refractivity contribution in [2.24, 2.45) is 5.92 Å². The lowest BCUT2D eigenvalue weighted by atomic mass is 10.1. The van der Waals surface area contributed by atoms with Crippen LogP contribution in [-0.2, 0) is 9.59 Å². The van der Waals surface area contributed by atoms with E-state index in [1.54, 1.807) is 41.3 Å². The number of phenols is 1. The number of anilines is 2. The van der Waals surface area contributed by atoms with Gasteiger partial charge in [0.25, 0.3) is 0 Å². The van der Waals surface area contributed by atoms with Crippen LogP contribution >= 0.6 is 11.6 Å². The normalized spacial score (nSPS) is 17.3. The van der Waals surface area contributed by atoms with Gasteiger partial charge in [-0.1, -0.05) is 17.7 Å². The Balaban J connectivity index is 1.69. The van der Waals surface area contributed by atoms with Gasteiger partial charge in [-0.15, -0.1) is 0 Å². The van der Waals surface area contributed by atoms with Gasteiger partial charge in [0.2, 0.25) is 11.8 Å². The van der Waals surface area contributed by atoms with Gasteiger partial charge in [-0.25, -0.2) is 0 Å². The molecule has 118 valence electrons. The maximum absolute atomic E-state index is 12.3. The number of hydrogen-bond acceptors (Lipinski definition) is 3. The first-order valence-electron chi connectivity index (χ1n) is 7.19. The molecule has 1 atom stereocenters. The summed E-state index contributed by atoms with van der Waals surface area (Å²) in [6.07, 6.45) is 0.163. The van der Waals surface area contributed by atoms with Gasteiger partial charge >= 0.3 is 0 Å². The molecule has 0 unspecified atom stereocenters. The lowest BCUT2D eigenvalue weighted by Crippen LogP contribution is -2.28. The molecule has 2 aromatic rings. The minimum atomic E-state index is -0.421. The fourth-order valence-corrected chi connectivity index (χ4v) is 2.75. The van der Waals surface area contributed by atoms with Crippen LogP contribution in [0.4, 0.5) is 11.4 Å². The maximum atomic E-state index is 12.3. The van der Waals surface area contributed by atoms with Gasteiger partial charge in [0.15, 0.2) is 0 Å². The molecule has 0 aliphatic carbocycles. The Morgan fingerprint density at radius 2 is 1.96 bits per heavy atom. The zero-order valence-electron chi connectivity index (χ0n) is 12.2. The molecule has 1 aliphatic rings. The molecule has 6 heteroatoms. The number of nitrogens with zero attached hydrogens (tertiary/aromatic N) is 1. The van der Waals surface area contributed by atoms with E-state index in [0.29, 0.717) is 22.9 Å². The summed E-state index contributed by atoms with van der Waals surface area (Å²) >= 11 is 5.95. The number of carbonyl (C=O) groups is 2. The third-order valence-corrected chi connectivity index (χ3v) is 3.99. The lowest BCUT2D eigenvalue weighted by Gasteiger charge is -2.17. The Hall–Kier alpha value is -2.53. The molecule has 3 rings (SSSR count). The van der Waals surface area contributed by atoms with E-state index in [-0.39, 0.29) is 24.0 Å². The van der Waals surface area contributed by atoms with Crippen molar-refractivity contribution in [3.05, 3.63) is 53.6 Å². The summed E-state index contributed by atoms with van der Waals surface area (Å²) in [6, 6.07) is 13.2. The average molecular weight is 331 g/mol. The van der Waals surface area contributed by atoms with Crippen LogP contribution in [0, 0.1) is 5.92 Å². The van der Waals surface area contributed by atoms with Crippen LogP contribution in [-0.4, -0.2) is 23.5 Å². The monoisotopic (exact) mass is 330 g/mol. The van der Waals surface area contributed by atoms with Gasteiger partial charge in [0.05, 0.1) is 5.92 Å². The number of rotatable bonds is 3. The molecule has 2 amide bonds. The van der Waals surface area contributed by atoms with Crippen molar-refractivity contribution >= 4 is 34.8 Å². The summed E-state index contributed by atoms with van der Waals surface area (Å²) in [7, 11) is 0. The minimum Gasteiger partial charge on any atom is -0.508 e. The lowest BCUT2D eigenvalue weighted by molar-refractivity contribution is -0.122. The molecule has 1 aliphatic heterocycles. The van der Waals surface area contributed by atoms with Crippen molar-refractivity contribution in [2.45, 2.75) is 6.42 Å². The first-order chi connectivity index (χ1) is 11.0. The quantitative estimate of drug-likeness (QED) is 0.850. The smallest absolute Gasteiger partial charge is 0.229 e. The van der Waals surface area contributed by atoms with E-state index in [1.807, 2.05) is 0 Å². The highest BCUT2D eigenvalue weighted by Crippen LogP contribution is 2.28. The Kier molecular flexibility index (Phi) is 4.21. The molecule has 23 heavy (non-hydrogen) atoms. The Labute approximate surface area is 138 Å². The molecule has 2 aromatic carbocycles. The van der Waals surface area contributed by atoms with E-state index < -0.39 is 5.92 Å². The highest BCUT2D eigenvalue weighted by Gasteiger charge is 2.35. The second-order valence-electron chi connectivity index (χ2n) is 5.42. The van der Waals surface area contributed by atoms with Crippen molar-refractivity contribution in [1.82, 2.24) is 0 Å². The Morgan fingerprint density at radius 3 is 2.65 bits per heavy atom. The third kappa shape index (κ3) is 3.46. The molecular weight excluding hydrogens is 316 g/mol. The number of amides is 2. The number of halogens is 1. The predicted octanol–water partition coefficient (Wildman–Crippen LogP) is 3.04. The third-order valence-electron chi connectivity index (χ3n) is 3.75. The van der Waals surface area contributed by atoms with Gasteiger partial charge in [-0.2, -0.15) is 0 Å². The van der Waals surface area contributed by atoms with E-state index >= 15 is 0 Å². The van der Waals surface area contributed by atoms with Crippen LogP contribution in [0.5, 0.6) is 5.75 Å². The average Bonchev–Trinajstić information content (AvgIpc) is 2.92. The van der Waals surface area contributed by atoms with Crippen LogP contribution < -0.4 is 10.2 Å². The fourth-order valence-electron chi connectivity index (χ4n) is 2.57. The van der Waals surface area contributed by atoms with Crippen molar-refractivity contribution < 1.29 is 14.7 Å². The topological polar surface area (TPSA) is 69.6 Å². The largest absolute Gasteiger partial charge is 0.508 e. The summed E-state index contributed by atoms with van der Waals surface area (Å²) < 4.78 is 0. The highest BCUT2D eigenvalue weighted by atomic mass is 35.5. The van der Waals surface area contributed by atoms with Gasteiger partial charge in [-0.05, 0) is 42.5 Å². The summed E-state index contributed by atoms with van der Waals surface area (Å²) in [4.78, 5) is 26.1. The summed E-state index contributed by atoms with van der Waals surface area (Å²) in [5, 5.41) is 12.6. The van der Waals surface area contributed by atoms with Gasteiger partial charge in [0.1, 0.15) is 5.75 Å². The molecule has 2 N–H and O–H groups in total. The second kappa shape index (κ2) is 6.30. The minimum absolute atomic E-state index is 0.0990. The number of phenolic OH excluding ortho intramolecular Hbond substituents is 1. The molecular formula is C17H15ClN2O3. The van der Waals surface area contributed by atoms with E-state index in [4.69, 9.17) is 11.6 Å². The van der Waals surface area contributed by atoms with E-state index in [1.165, 1.54) is 12.1 Å². The van der Waals surface area contributed by atoms with Crippen molar-refractivity contribution in [3.63, 3.8) is 0 Å². The molecule has 0 saturated carbocycles. The molecule has 1 saturated heterocycles. The second-order valence-corrected chi connectivity index (χ2v) is 5.86. The first-order valence-corrected chi connectivity index (χ1v) is 7.56. The standard InChI is InChI=1S/C17H15ClN2O3/c18-12-2-1-3-14(9-12)20-10-11(8-16(20)22)17(23)19-13-4-6-15(21)7-5-13/h1-7,9,11,21H,8,10H2,(H,19,23)/t11-/m0/s1. The van der Waals surface area contributed by atoms with E-state index in [0.717, 1.165) is 0 Å². The highest BCUT2D eigenvalue weighted by molar-refractivity contribution is 6.31. The fraction of sp³-hybridized carbons (Fsp3) is 0.176. The van der Waals surface area contributed by atoms with E-state index in [9.17, 15) is 14.7 Å². The summed E-state index contributed by atoms with van der Waals surface area (Å²) in [6.45, 7) is 0.323. The number of benzene rings is 2. The maximum Gasteiger partial charge on any atom is 0.229 e. The van der Waals surface area contributed by atoms with E-state index in [2.05, 4.69) is 5.32 Å². The van der Waals surface area contributed by atoms with Crippen LogP contribution in [0.1, 0.15) is 6.42 Å². The first kappa shape index (κ1) is 15.4. The zero-order chi connectivity index (χ0) is 16.4. The number of carbonyl (C=O) groups excluding carboxylic acids is 2. The number of nitrogens with one attached hydrogen (secondary N) is 1. The molecule has 1 heterocycles. The van der Waals surface area contributed by atoms with Crippen molar-refractivity contribution in [2.75, 3.05) is 16.8 Å². The zero-order valence-corrected chi connectivity index (χ0v) is 13.0. The van der Waals surface area contributed by atoms with Crippen LogP contribution in [0.15, 0.2) is 48.5 Å². The summed E-state index contributed by atoms with van der Waals surface area (Å²) in [5.74, 6) is -0.604. The molecule has 0 aromatic heterocycles. The Bertz CT molecular complexity index is 746. The molecule has 5 nitrogen and oxygen atoms in total. The van der Waals surface area contributed by atoms with Crippen molar-refractivity contribution in [3.8, 4) is 5.75 Å². The molecule has 0 radical (unpaired) electrons. The SMILES string of the molecule is O=C(Nc1ccc(O)cc1)[C@H]1CC(=O)N(c2cccc(Cl)c2)C1. The van der Waals surface area contributed by atoms with Crippen LogP contribution in [0.2, 0.25) is 5.02 Å². The van der Waals surface area contributed by atoms with Crippen LogP contribution in [0.3, 0.4) is 0 Å². The molecule has 0 bridgehead atoms. The van der Waals surface area contributed by atoms with Crippen molar-refractivity contribution in [1.29, 1.82) is 0 Å².